The van der Waals surface area contributed by atoms with Crippen molar-refractivity contribution in [3.8, 4) is 0 Å². The summed E-state index contributed by atoms with van der Waals surface area (Å²) in [5.41, 5.74) is 1.10. The van der Waals surface area contributed by atoms with Crippen LogP contribution in [0.5, 0.6) is 0 Å². The lowest BCUT2D eigenvalue weighted by atomic mass is 9.99. The first kappa shape index (κ1) is 19.8. The summed E-state index contributed by atoms with van der Waals surface area (Å²) in [5, 5.41) is 0. The van der Waals surface area contributed by atoms with Gasteiger partial charge in [-0.15, -0.1) is 3.71 Å². The van der Waals surface area contributed by atoms with Crippen molar-refractivity contribution in [2.45, 2.75) is 38.0 Å². The molecule has 0 heterocycles. The monoisotopic (exact) mass is 361 g/mol. The quantitative estimate of drug-likeness (QED) is 0.400. The van der Waals surface area contributed by atoms with E-state index in [1.54, 1.807) is 19.1 Å². The third-order valence-electron chi connectivity index (χ3n) is 3.37. The van der Waals surface area contributed by atoms with E-state index in [0.29, 0.717) is 5.92 Å². The number of ether oxygens (including phenoxy) is 2. The van der Waals surface area contributed by atoms with Gasteiger partial charge in [0.1, 0.15) is 0 Å². The second-order valence-corrected chi connectivity index (χ2v) is 8.11. The molecule has 0 radical (unpaired) electrons. The van der Waals surface area contributed by atoms with Crippen molar-refractivity contribution in [2.24, 2.45) is 0 Å². The fourth-order valence-electron chi connectivity index (χ4n) is 1.73. The van der Waals surface area contributed by atoms with Crippen molar-refractivity contribution in [1.82, 2.24) is 3.71 Å². The fraction of sp³-hybridized carbons (Fsp3) is 0.533. The lowest BCUT2D eigenvalue weighted by Crippen LogP contribution is -2.21. The number of sulfonamides is 1. The first-order valence-corrected chi connectivity index (χ1v) is 9.72. The number of rotatable bonds is 8. The van der Waals surface area contributed by atoms with Gasteiger partial charge < -0.3 is 9.47 Å². The second kappa shape index (κ2) is 9.14. The molecule has 0 N–H and O–H groups in total. The molecule has 1 atom stereocenters. The van der Waals surface area contributed by atoms with Gasteiger partial charge in [-0.25, -0.2) is 13.2 Å². The number of nitrogens with zero attached hydrogens (tertiary/aromatic N) is 1. The minimum atomic E-state index is -3.63. The Kier molecular flexibility index (Phi) is 7.87. The molecular weight excluding hydrogens is 338 g/mol. The summed E-state index contributed by atoms with van der Waals surface area (Å²) in [6, 6.07) is 6.85. The first-order valence-electron chi connectivity index (χ1n) is 7.34. The van der Waals surface area contributed by atoms with Crippen molar-refractivity contribution in [1.29, 1.82) is 0 Å². The molecule has 0 saturated carbocycles. The van der Waals surface area contributed by atoms with Crippen LogP contribution in [0.1, 0.15) is 38.7 Å². The van der Waals surface area contributed by atoms with Crippen molar-refractivity contribution < 1.29 is 22.7 Å². The molecule has 0 aliphatic heterocycles. The van der Waals surface area contributed by atoms with Crippen molar-refractivity contribution in [2.75, 3.05) is 19.6 Å². The molecule has 0 fully saturated rings. The van der Waals surface area contributed by atoms with E-state index in [1.807, 2.05) is 12.1 Å². The van der Waals surface area contributed by atoms with Crippen molar-refractivity contribution >= 4 is 28.1 Å². The van der Waals surface area contributed by atoms with E-state index < -0.39 is 16.2 Å². The topological polar surface area (TPSA) is 72.9 Å². The van der Waals surface area contributed by atoms with Crippen LogP contribution in [-0.4, -0.2) is 37.9 Å². The molecule has 0 aliphatic carbocycles. The molecule has 0 aromatic heterocycles. The zero-order valence-electron chi connectivity index (χ0n) is 13.8. The Labute approximate surface area is 142 Å². The Balaban J connectivity index is 2.68. The second-order valence-electron chi connectivity index (χ2n) is 4.87. The van der Waals surface area contributed by atoms with Crippen LogP contribution >= 0.6 is 11.9 Å². The van der Waals surface area contributed by atoms with Crippen LogP contribution in [0.4, 0.5) is 4.79 Å². The standard InChI is InChI=1S/C15H23NO5S2/c1-5-12(3)13-7-9-14(10-8-13)23(18,19)16(4)22-11-21-15(17)20-6-2/h7-10,12H,5-6,11H2,1-4H3. The van der Waals surface area contributed by atoms with Gasteiger partial charge in [-0.1, -0.05) is 26.0 Å². The Morgan fingerprint density at radius 1 is 1.22 bits per heavy atom. The SMILES string of the molecule is CCOC(=O)OCSN(C)S(=O)(=O)c1ccc(C(C)CC)cc1. The number of hydrogen-bond donors (Lipinski definition) is 0. The summed E-state index contributed by atoms with van der Waals surface area (Å²) in [5.74, 6) is 0.247. The Hall–Kier alpha value is -1.25. The van der Waals surface area contributed by atoms with Gasteiger partial charge in [0.15, 0.2) is 5.94 Å². The number of benzene rings is 1. The first-order chi connectivity index (χ1) is 10.8. The number of carbonyl (C=O) groups excluding carboxylic acids is 1. The van der Waals surface area contributed by atoms with E-state index >= 15 is 0 Å². The van der Waals surface area contributed by atoms with Crippen LogP contribution in [0.2, 0.25) is 0 Å². The molecule has 0 bridgehead atoms. The van der Waals surface area contributed by atoms with Crippen molar-refractivity contribution in [3.63, 3.8) is 0 Å². The predicted molar refractivity (Wildman–Crippen MR) is 90.7 cm³/mol. The van der Waals surface area contributed by atoms with Crippen LogP contribution in [0.3, 0.4) is 0 Å². The van der Waals surface area contributed by atoms with Gasteiger partial charge in [0.25, 0.3) is 10.0 Å². The number of carbonyl (C=O) groups is 1. The van der Waals surface area contributed by atoms with Crippen LogP contribution in [-0.2, 0) is 19.5 Å². The molecule has 8 heteroatoms. The highest BCUT2D eigenvalue weighted by molar-refractivity contribution is 8.08. The summed E-state index contributed by atoms with van der Waals surface area (Å²) in [7, 11) is -2.22. The molecule has 0 saturated heterocycles. The molecule has 130 valence electrons. The maximum Gasteiger partial charge on any atom is 0.509 e. The zero-order chi connectivity index (χ0) is 17.5. The molecule has 1 aromatic rings. The third kappa shape index (κ3) is 5.71. The zero-order valence-corrected chi connectivity index (χ0v) is 15.4. The van der Waals surface area contributed by atoms with Crippen LogP contribution in [0.25, 0.3) is 0 Å². The van der Waals surface area contributed by atoms with Crippen molar-refractivity contribution in [3.05, 3.63) is 29.8 Å². The highest BCUT2D eigenvalue weighted by atomic mass is 32.3. The highest BCUT2D eigenvalue weighted by Crippen LogP contribution is 2.24. The van der Waals surface area contributed by atoms with Crippen LogP contribution in [0.15, 0.2) is 29.2 Å². The highest BCUT2D eigenvalue weighted by Gasteiger charge is 2.22. The van der Waals surface area contributed by atoms with Gasteiger partial charge in [-0.2, -0.15) is 0 Å². The third-order valence-corrected chi connectivity index (χ3v) is 6.41. The fourth-order valence-corrected chi connectivity index (χ4v) is 3.75. The van der Waals surface area contributed by atoms with Gasteiger partial charge in [0.05, 0.1) is 11.5 Å². The summed E-state index contributed by atoms with van der Waals surface area (Å²) < 4.78 is 35.3. The smallest absolute Gasteiger partial charge is 0.435 e. The maximum absolute atomic E-state index is 12.4. The summed E-state index contributed by atoms with van der Waals surface area (Å²) >= 11 is 0.870. The van der Waals surface area contributed by atoms with Gasteiger partial charge in [0.2, 0.25) is 0 Å². The van der Waals surface area contributed by atoms with Crippen LogP contribution < -0.4 is 0 Å². The molecule has 0 amide bonds. The Morgan fingerprint density at radius 3 is 2.35 bits per heavy atom. The Bertz CT molecular complexity index is 601. The molecular formula is C15H23NO5S2. The largest absolute Gasteiger partial charge is 0.509 e. The molecule has 23 heavy (non-hydrogen) atoms. The molecule has 1 rings (SSSR count). The Morgan fingerprint density at radius 2 is 1.83 bits per heavy atom. The maximum atomic E-state index is 12.4. The molecule has 1 unspecified atom stereocenters. The minimum absolute atomic E-state index is 0.139. The van der Waals surface area contributed by atoms with E-state index in [-0.39, 0.29) is 17.4 Å². The molecule has 0 aliphatic rings. The minimum Gasteiger partial charge on any atom is -0.435 e. The lowest BCUT2D eigenvalue weighted by molar-refractivity contribution is 0.0727. The predicted octanol–water partition coefficient (Wildman–Crippen LogP) is 3.60. The van der Waals surface area contributed by atoms with E-state index in [1.165, 1.54) is 7.05 Å². The summed E-state index contributed by atoms with van der Waals surface area (Å²) in [4.78, 5) is 11.3. The normalized spacial score (nSPS) is 12.9. The van der Waals surface area contributed by atoms with E-state index in [2.05, 4.69) is 18.6 Å². The van der Waals surface area contributed by atoms with Gasteiger partial charge in [-0.05, 0) is 48.9 Å². The van der Waals surface area contributed by atoms with Gasteiger partial charge >= 0.3 is 6.16 Å². The molecule has 0 spiro atoms. The molecule has 1 aromatic carbocycles. The number of hydrogen-bond acceptors (Lipinski definition) is 6. The van der Waals surface area contributed by atoms with E-state index in [9.17, 15) is 13.2 Å². The lowest BCUT2D eigenvalue weighted by Gasteiger charge is -2.16. The van der Waals surface area contributed by atoms with Gasteiger partial charge in [0, 0.05) is 7.05 Å². The van der Waals surface area contributed by atoms with Crippen LogP contribution in [0, 0.1) is 0 Å². The summed E-state index contributed by atoms with van der Waals surface area (Å²) in [6.07, 6.45) is 0.177. The average Bonchev–Trinajstić information content (AvgIpc) is 2.54. The van der Waals surface area contributed by atoms with E-state index in [0.717, 1.165) is 27.6 Å². The van der Waals surface area contributed by atoms with Gasteiger partial charge in [-0.3, -0.25) is 0 Å². The summed E-state index contributed by atoms with van der Waals surface area (Å²) in [6.45, 7) is 6.05. The van der Waals surface area contributed by atoms with E-state index in [4.69, 9.17) is 4.74 Å². The molecule has 6 nitrogen and oxygen atoms in total. The average molecular weight is 361 g/mol.